The lowest BCUT2D eigenvalue weighted by Gasteiger charge is -2.06. The number of nitrogens with zero attached hydrogens (tertiary/aromatic N) is 1. The maximum absolute atomic E-state index is 11.9. The lowest BCUT2D eigenvalue weighted by Crippen LogP contribution is -2.34. The van der Waals surface area contributed by atoms with Gasteiger partial charge in [0.05, 0.1) is 12.8 Å². The van der Waals surface area contributed by atoms with Gasteiger partial charge in [-0.3, -0.25) is 9.59 Å². The molecule has 2 amide bonds. The van der Waals surface area contributed by atoms with Crippen LogP contribution in [0.4, 0.5) is 0 Å². The summed E-state index contributed by atoms with van der Waals surface area (Å²) in [6.07, 6.45) is 1.51. The fraction of sp³-hybridized carbons (Fsp3) is 0.0870. The first-order valence-electron chi connectivity index (χ1n) is 9.22. The molecule has 30 heavy (non-hydrogen) atoms. The number of rotatable bonds is 8. The zero-order valence-corrected chi connectivity index (χ0v) is 16.8. The summed E-state index contributed by atoms with van der Waals surface area (Å²) in [6.45, 7) is 0.303. The third-order valence-electron chi connectivity index (χ3n) is 4.05. The van der Waals surface area contributed by atoms with Crippen LogP contribution in [-0.4, -0.2) is 24.6 Å². The standard InChI is InChI=1S/C23H20ClN3O3/c24-20-10-8-19(9-11-20)23(29)25-15-22(28)27-26-14-17-6-12-21(13-7-17)30-16-18-4-2-1-3-5-18/h1-14H,15-16H2,(H,25,29)(H,27,28)/b26-14-. The molecule has 3 aromatic rings. The van der Waals surface area contributed by atoms with E-state index in [0.29, 0.717) is 17.2 Å². The lowest BCUT2D eigenvalue weighted by atomic mass is 10.2. The summed E-state index contributed by atoms with van der Waals surface area (Å²) in [5, 5.41) is 6.95. The highest BCUT2D eigenvalue weighted by Gasteiger charge is 2.07. The predicted molar refractivity (Wildman–Crippen MR) is 117 cm³/mol. The normalized spacial score (nSPS) is 10.6. The molecule has 0 saturated heterocycles. The van der Waals surface area contributed by atoms with Crippen molar-refractivity contribution in [3.05, 3.63) is 101 Å². The number of hydrazone groups is 1. The average molecular weight is 422 g/mol. The molecule has 0 saturated carbocycles. The molecule has 0 atom stereocenters. The molecule has 0 aliphatic rings. The molecule has 0 aliphatic heterocycles. The maximum Gasteiger partial charge on any atom is 0.259 e. The first kappa shape index (κ1) is 21.1. The fourth-order valence-corrected chi connectivity index (χ4v) is 2.60. The van der Waals surface area contributed by atoms with Gasteiger partial charge in [0.1, 0.15) is 12.4 Å². The summed E-state index contributed by atoms with van der Waals surface area (Å²) in [6, 6.07) is 23.6. The summed E-state index contributed by atoms with van der Waals surface area (Å²) >= 11 is 5.78. The molecule has 0 unspecified atom stereocenters. The minimum atomic E-state index is -0.434. The quantitative estimate of drug-likeness (QED) is 0.429. The molecule has 3 rings (SSSR count). The van der Waals surface area contributed by atoms with Crippen molar-refractivity contribution >= 4 is 29.6 Å². The highest BCUT2D eigenvalue weighted by atomic mass is 35.5. The van der Waals surface area contributed by atoms with Gasteiger partial charge in [0.25, 0.3) is 11.8 Å². The Bertz CT molecular complexity index is 1000. The summed E-state index contributed by atoms with van der Waals surface area (Å²) < 4.78 is 5.73. The fourth-order valence-electron chi connectivity index (χ4n) is 2.47. The van der Waals surface area contributed by atoms with Crippen LogP contribution in [0.3, 0.4) is 0 Å². The van der Waals surface area contributed by atoms with E-state index in [-0.39, 0.29) is 12.5 Å². The summed E-state index contributed by atoms with van der Waals surface area (Å²) in [7, 11) is 0. The van der Waals surface area contributed by atoms with Gasteiger partial charge in [-0.05, 0) is 59.7 Å². The van der Waals surface area contributed by atoms with Gasteiger partial charge in [-0.1, -0.05) is 41.9 Å². The third-order valence-corrected chi connectivity index (χ3v) is 4.30. The molecule has 6 nitrogen and oxygen atoms in total. The topological polar surface area (TPSA) is 79.8 Å². The van der Waals surface area contributed by atoms with E-state index >= 15 is 0 Å². The summed E-state index contributed by atoms with van der Waals surface area (Å²) in [4.78, 5) is 23.8. The van der Waals surface area contributed by atoms with Crippen LogP contribution in [0, 0.1) is 0 Å². The Labute approximate surface area is 179 Å². The Balaban J connectivity index is 1.40. The van der Waals surface area contributed by atoms with Crippen LogP contribution in [0.25, 0.3) is 0 Å². The number of carbonyl (C=O) groups excluding carboxylic acids is 2. The smallest absolute Gasteiger partial charge is 0.259 e. The molecular formula is C23H20ClN3O3. The summed E-state index contributed by atoms with van der Waals surface area (Å²) in [5.41, 5.74) is 4.68. The van der Waals surface area contributed by atoms with Gasteiger partial charge in [0, 0.05) is 10.6 Å². The Hall–Kier alpha value is -3.64. The van der Waals surface area contributed by atoms with Gasteiger partial charge < -0.3 is 10.1 Å². The molecule has 0 aliphatic carbocycles. The molecule has 7 heteroatoms. The second kappa shape index (κ2) is 10.8. The van der Waals surface area contributed by atoms with E-state index in [4.69, 9.17) is 16.3 Å². The minimum absolute atomic E-state index is 0.189. The highest BCUT2D eigenvalue weighted by Crippen LogP contribution is 2.13. The second-order valence-electron chi connectivity index (χ2n) is 6.33. The number of halogens is 1. The molecule has 3 aromatic carbocycles. The van der Waals surface area contributed by atoms with E-state index in [9.17, 15) is 9.59 Å². The minimum Gasteiger partial charge on any atom is -0.489 e. The van der Waals surface area contributed by atoms with Crippen molar-refractivity contribution in [1.82, 2.24) is 10.7 Å². The van der Waals surface area contributed by atoms with Gasteiger partial charge >= 0.3 is 0 Å². The number of nitrogens with one attached hydrogen (secondary N) is 2. The monoisotopic (exact) mass is 421 g/mol. The van der Waals surface area contributed by atoms with Crippen molar-refractivity contribution in [2.45, 2.75) is 6.61 Å². The molecule has 0 aromatic heterocycles. The van der Waals surface area contributed by atoms with Crippen LogP contribution in [0.2, 0.25) is 5.02 Å². The molecular weight excluding hydrogens is 402 g/mol. The molecule has 0 bridgehead atoms. The molecule has 0 radical (unpaired) electrons. The van der Waals surface area contributed by atoms with Crippen molar-refractivity contribution < 1.29 is 14.3 Å². The number of benzene rings is 3. The van der Waals surface area contributed by atoms with Crippen LogP contribution < -0.4 is 15.5 Å². The Kier molecular flexibility index (Phi) is 7.58. The van der Waals surface area contributed by atoms with Crippen molar-refractivity contribution in [2.24, 2.45) is 5.10 Å². The molecule has 0 heterocycles. The summed E-state index contributed by atoms with van der Waals surface area (Å²) in [5.74, 6) is -0.0572. The van der Waals surface area contributed by atoms with Crippen LogP contribution in [0.15, 0.2) is 84.0 Å². The highest BCUT2D eigenvalue weighted by molar-refractivity contribution is 6.30. The number of hydrogen-bond acceptors (Lipinski definition) is 4. The van der Waals surface area contributed by atoms with E-state index in [1.54, 1.807) is 24.3 Å². The van der Waals surface area contributed by atoms with Crippen LogP contribution >= 0.6 is 11.6 Å². The van der Waals surface area contributed by atoms with Gasteiger partial charge in [-0.15, -0.1) is 0 Å². The number of carbonyl (C=O) groups is 2. The molecule has 152 valence electrons. The zero-order valence-electron chi connectivity index (χ0n) is 16.0. The van der Waals surface area contributed by atoms with E-state index in [0.717, 1.165) is 16.9 Å². The Morgan fingerprint density at radius 3 is 2.33 bits per heavy atom. The molecule has 0 spiro atoms. The number of amides is 2. The van der Waals surface area contributed by atoms with Gasteiger partial charge in [0.15, 0.2) is 0 Å². The molecule has 0 fully saturated rings. The third kappa shape index (κ3) is 6.76. The van der Waals surface area contributed by atoms with E-state index in [2.05, 4.69) is 15.8 Å². The first-order chi connectivity index (χ1) is 14.6. The van der Waals surface area contributed by atoms with Crippen LogP contribution in [0.1, 0.15) is 21.5 Å². The average Bonchev–Trinajstić information content (AvgIpc) is 2.78. The largest absolute Gasteiger partial charge is 0.489 e. The van der Waals surface area contributed by atoms with Crippen LogP contribution in [0.5, 0.6) is 5.75 Å². The lowest BCUT2D eigenvalue weighted by molar-refractivity contribution is -0.120. The maximum atomic E-state index is 11.9. The number of ether oxygens (including phenoxy) is 1. The zero-order chi connectivity index (χ0) is 21.2. The van der Waals surface area contributed by atoms with E-state index < -0.39 is 5.91 Å². The van der Waals surface area contributed by atoms with Crippen molar-refractivity contribution in [3.63, 3.8) is 0 Å². The van der Waals surface area contributed by atoms with E-state index in [1.165, 1.54) is 6.21 Å². The van der Waals surface area contributed by atoms with Gasteiger partial charge in [-0.25, -0.2) is 5.43 Å². The predicted octanol–water partition coefficient (Wildman–Crippen LogP) is 3.80. The number of hydrogen-bond donors (Lipinski definition) is 2. The van der Waals surface area contributed by atoms with Crippen molar-refractivity contribution in [3.8, 4) is 5.75 Å². The first-order valence-corrected chi connectivity index (χ1v) is 9.60. The second-order valence-corrected chi connectivity index (χ2v) is 6.76. The Morgan fingerprint density at radius 2 is 1.63 bits per heavy atom. The van der Waals surface area contributed by atoms with Gasteiger partial charge in [-0.2, -0.15) is 5.10 Å². The van der Waals surface area contributed by atoms with Gasteiger partial charge in [0.2, 0.25) is 0 Å². The van der Waals surface area contributed by atoms with Crippen LogP contribution in [-0.2, 0) is 11.4 Å². The van der Waals surface area contributed by atoms with Crippen molar-refractivity contribution in [1.29, 1.82) is 0 Å². The SMILES string of the molecule is O=C(CNC(=O)c1ccc(Cl)cc1)N/N=C\c1ccc(OCc2ccccc2)cc1. The van der Waals surface area contributed by atoms with E-state index in [1.807, 2.05) is 54.6 Å². The molecule has 2 N–H and O–H groups in total. The Morgan fingerprint density at radius 1 is 0.933 bits per heavy atom. The van der Waals surface area contributed by atoms with Crippen molar-refractivity contribution in [2.75, 3.05) is 6.54 Å².